The van der Waals surface area contributed by atoms with Crippen LogP contribution in [0.3, 0.4) is 0 Å². The van der Waals surface area contributed by atoms with Crippen molar-refractivity contribution in [2.24, 2.45) is 0 Å². The Hall–Kier alpha value is -1.40. The second kappa shape index (κ2) is 4.41. The third-order valence-electron chi connectivity index (χ3n) is 1.87. The summed E-state index contributed by atoms with van der Waals surface area (Å²) in [6.45, 7) is 0.541. The van der Waals surface area contributed by atoms with Gasteiger partial charge in [0.05, 0.1) is 0 Å². The van der Waals surface area contributed by atoms with Gasteiger partial charge >= 0.3 is 0 Å². The van der Waals surface area contributed by atoms with E-state index in [4.69, 9.17) is 24.4 Å². The summed E-state index contributed by atoms with van der Waals surface area (Å²) in [4.78, 5) is 8.03. The van der Waals surface area contributed by atoms with Gasteiger partial charge in [-0.2, -0.15) is 0 Å². The van der Waals surface area contributed by atoms with Gasteiger partial charge in [0, 0.05) is 24.8 Å². The second-order valence-electron chi connectivity index (χ2n) is 2.89. The van der Waals surface area contributed by atoms with Crippen molar-refractivity contribution in [2.75, 3.05) is 0 Å². The van der Waals surface area contributed by atoms with Crippen LogP contribution in [0.1, 0.15) is 0 Å². The highest BCUT2D eigenvalue weighted by molar-refractivity contribution is 7.71. The zero-order valence-corrected chi connectivity index (χ0v) is 9.41. The quantitative estimate of drug-likeness (QED) is 0.748. The van der Waals surface area contributed by atoms with E-state index in [0.717, 1.165) is 0 Å². The van der Waals surface area contributed by atoms with Crippen molar-refractivity contribution < 1.29 is 0 Å². The van der Waals surface area contributed by atoms with Crippen molar-refractivity contribution in [3.8, 4) is 0 Å². The summed E-state index contributed by atoms with van der Waals surface area (Å²) in [5, 5.41) is 0. The van der Waals surface area contributed by atoms with E-state index in [1.165, 1.54) is 0 Å². The van der Waals surface area contributed by atoms with Crippen molar-refractivity contribution in [2.45, 2.75) is 6.67 Å². The first-order valence-electron chi connectivity index (χ1n) is 4.30. The van der Waals surface area contributed by atoms with E-state index >= 15 is 0 Å². The summed E-state index contributed by atoms with van der Waals surface area (Å²) < 4.78 is 4.71. The minimum Gasteiger partial charge on any atom is -0.305 e. The molecule has 15 heavy (non-hydrogen) atoms. The van der Waals surface area contributed by atoms with E-state index in [-0.39, 0.29) is 0 Å². The van der Waals surface area contributed by atoms with Gasteiger partial charge < -0.3 is 9.13 Å². The molecular weight excluding hydrogens is 228 g/mol. The molecule has 0 spiro atoms. The van der Waals surface area contributed by atoms with Crippen molar-refractivity contribution >= 4 is 24.4 Å². The molecule has 0 bridgehead atoms. The summed E-state index contributed by atoms with van der Waals surface area (Å²) in [7, 11) is 0. The summed E-state index contributed by atoms with van der Waals surface area (Å²) in [5.41, 5.74) is 0. The van der Waals surface area contributed by atoms with E-state index in [2.05, 4.69) is 9.97 Å². The van der Waals surface area contributed by atoms with Crippen LogP contribution in [-0.2, 0) is 6.67 Å². The molecule has 0 saturated carbocycles. The van der Waals surface area contributed by atoms with Gasteiger partial charge in [-0.05, 0) is 36.6 Å². The van der Waals surface area contributed by atoms with E-state index < -0.39 is 0 Å². The Bertz CT molecular complexity index is 521. The monoisotopic (exact) mass is 236 g/mol. The molecule has 0 fully saturated rings. The zero-order valence-electron chi connectivity index (χ0n) is 7.78. The molecule has 6 heteroatoms. The molecular formula is C9H8N4S2. The molecule has 2 aromatic rings. The molecule has 0 N–H and O–H groups in total. The molecule has 2 heterocycles. The van der Waals surface area contributed by atoms with Crippen LogP contribution in [0.2, 0.25) is 0 Å². The topological polar surface area (TPSA) is 35.6 Å². The van der Waals surface area contributed by atoms with Crippen LogP contribution in [0, 0.1) is 9.54 Å². The van der Waals surface area contributed by atoms with Gasteiger partial charge in [0.1, 0.15) is 6.67 Å². The fourth-order valence-corrected chi connectivity index (χ4v) is 1.51. The van der Waals surface area contributed by atoms with Crippen LogP contribution in [-0.4, -0.2) is 19.1 Å². The molecule has 0 aliphatic carbocycles. The minimum atomic E-state index is 0.531. The van der Waals surface area contributed by atoms with Crippen LogP contribution >= 0.6 is 24.4 Å². The molecule has 4 nitrogen and oxygen atoms in total. The molecule has 0 atom stereocenters. The van der Waals surface area contributed by atoms with Crippen molar-refractivity contribution in [1.29, 1.82) is 0 Å². The van der Waals surface area contributed by atoms with E-state index in [9.17, 15) is 0 Å². The average Bonchev–Trinajstić information content (AvgIpc) is 2.24. The molecule has 2 rings (SSSR count). The molecule has 0 amide bonds. The van der Waals surface area contributed by atoms with Crippen LogP contribution in [0.4, 0.5) is 0 Å². The smallest absolute Gasteiger partial charge is 0.200 e. The Morgan fingerprint density at radius 1 is 0.933 bits per heavy atom. The van der Waals surface area contributed by atoms with E-state index in [1.54, 1.807) is 12.4 Å². The predicted molar refractivity (Wildman–Crippen MR) is 61.5 cm³/mol. The van der Waals surface area contributed by atoms with Crippen molar-refractivity contribution in [1.82, 2.24) is 19.1 Å². The average molecular weight is 236 g/mol. The maximum absolute atomic E-state index is 5.08. The maximum atomic E-state index is 5.08. The highest BCUT2D eigenvalue weighted by atomic mass is 32.1. The molecule has 0 aliphatic rings. The lowest BCUT2D eigenvalue weighted by Crippen LogP contribution is -2.11. The molecule has 0 unspecified atom stereocenters. The Balaban J connectivity index is 2.39. The van der Waals surface area contributed by atoms with Crippen LogP contribution < -0.4 is 0 Å². The first kappa shape index (κ1) is 10.1. The zero-order chi connectivity index (χ0) is 10.7. The fraction of sp³-hybridized carbons (Fsp3) is 0.111. The minimum absolute atomic E-state index is 0.531. The highest BCUT2D eigenvalue weighted by Crippen LogP contribution is 1.94. The van der Waals surface area contributed by atoms with Gasteiger partial charge in [0.25, 0.3) is 0 Å². The Kier molecular flexibility index (Phi) is 2.98. The SMILES string of the molecule is S=c1ncccn1Cn1cccnc1=S. The summed E-state index contributed by atoms with van der Waals surface area (Å²) >= 11 is 10.2. The molecule has 2 aromatic heterocycles. The van der Waals surface area contributed by atoms with Crippen molar-refractivity contribution in [3.63, 3.8) is 0 Å². The molecule has 0 saturated heterocycles. The molecule has 0 aliphatic heterocycles. The molecule has 76 valence electrons. The second-order valence-corrected chi connectivity index (χ2v) is 3.62. The maximum Gasteiger partial charge on any atom is 0.200 e. The third-order valence-corrected chi connectivity index (χ3v) is 2.55. The normalized spacial score (nSPS) is 10.1. The largest absolute Gasteiger partial charge is 0.305 e. The Morgan fingerprint density at radius 3 is 1.80 bits per heavy atom. The van der Waals surface area contributed by atoms with Gasteiger partial charge in [-0.3, -0.25) is 0 Å². The lowest BCUT2D eigenvalue weighted by molar-refractivity contribution is 0.570. The summed E-state index contributed by atoms with van der Waals surface area (Å²) in [5.74, 6) is 0. The first-order valence-corrected chi connectivity index (χ1v) is 5.12. The van der Waals surface area contributed by atoms with E-state index in [0.29, 0.717) is 16.2 Å². The third kappa shape index (κ3) is 2.34. The van der Waals surface area contributed by atoms with Gasteiger partial charge in [-0.15, -0.1) is 0 Å². The standard InChI is InChI=1S/C9H8N4S2/c14-8-10-3-1-5-12(8)7-13-6-2-4-11-9(13)15/h1-6H,7H2. The van der Waals surface area contributed by atoms with Gasteiger partial charge in [0.2, 0.25) is 9.54 Å². The number of hydrogen-bond donors (Lipinski definition) is 0. The molecule has 0 radical (unpaired) electrons. The van der Waals surface area contributed by atoms with Crippen LogP contribution in [0.15, 0.2) is 36.9 Å². The number of hydrogen-bond acceptors (Lipinski definition) is 4. The predicted octanol–water partition coefficient (Wildman–Crippen LogP) is 2.04. The lowest BCUT2D eigenvalue weighted by Gasteiger charge is -2.08. The fourth-order valence-electron chi connectivity index (χ4n) is 1.15. The van der Waals surface area contributed by atoms with Gasteiger partial charge in [-0.1, -0.05) is 0 Å². The first-order chi connectivity index (χ1) is 7.27. The Labute approximate surface area is 96.9 Å². The summed E-state index contributed by atoms with van der Waals surface area (Å²) in [6.07, 6.45) is 7.07. The van der Waals surface area contributed by atoms with Gasteiger partial charge in [-0.25, -0.2) is 9.97 Å². The lowest BCUT2D eigenvalue weighted by atomic mass is 10.6. The molecule has 0 aromatic carbocycles. The number of nitrogens with zero attached hydrogens (tertiary/aromatic N) is 4. The van der Waals surface area contributed by atoms with E-state index in [1.807, 2.05) is 33.7 Å². The number of rotatable bonds is 2. The summed E-state index contributed by atoms with van der Waals surface area (Å²) in [6, 6.07) is 3.66. The van der Waals surface area contributed by atoms with Crippen molar-refractivity contribution in [3.05, 3.63) is 46.5 Å². The highest BCUT2D eigenvalue weighted by Gasteiger charge is 1.94. The Morgan fingerprint density at radius 2 is 1.40 bits per heavy atom. The number of aromatic nitrogens is 4. The van der Waals surface area contributed by atoms with Crippen LogP contribution in [0.5, 0.6) is 0 Å². The van der Waals surface area contributed by atoms with Gasteiger partial charge in [0.15, 0.2) is 0 Å². The van der Waals surface area contributed by atoms with Crippen LogP contribution in [0.25, 0.3) is 0 Å².